The number of rotatable bonds is 2. The molecular weight excluding hydrogens is 273 g/mol. The van der Waals surface area contributed by atoms with Crippen molar-refractivity contribution in [1.82, 2.24) is 4.90 Å². The molecule has 1 fully saturated rings. The summed E-state index contributed by atoms with van der Waals surface area (Å²) in [6.07, 6.45) is -0.379. The van der Waals surface area contributed by atoms with Crippen molar-refractivity contribution in [3.63, 3.8) is 0 Å². The number of aliphatic hydroxyl groups is 1. The molecule has 19 heavy (non-hydrogen) atoms. The van der Waals surface area contributed by atoms with Crippen LogP contribution in [-0.4, -0.2) is 47.8 Å². The van der Waals surface area contributed by atoms with Crippen LogP contribution in [0.3, 0.4) is 0 Å². The molecule has 2 rings (SSSR count). The number of nitrogens with zero attached hydrogens (tertiary/aromatic N) is 1. The van der Waals surface area contributed by atoms with Crippen LogP contribution in [0, 0.1) is 5.82 Å². The number of aliphatic hydroxyl groups excluding tert-OH is 1. The van der Waals surface area contributed by atoms with Gasteiger partial charge in [0.15, 0.2) is 0 Å². The van der Waals surface area contributed by atoms with Crippen molar-refractivity contribution >= 4 is 17.5 Å². The second kappa shape index (κ2) is 5.86. The quantitative estimate of drug-likeness (QED) is 0.901. The van der Waals surface area contributed by atoms with Gasteiger partial charge < -0.3 is 14.7 Å². The molecule has 2 unspecified atom stereocenters. The molecule has 0 radical (unpaired) electrons. The molecule has 1 amide bonds. The van der Waals surface area contributed by atoms with E-state index in [9.17, 15) is 9.18 Å². The van der Waals surface area contributed by atoms with Crippen molar-refractivity contribution in [2.24, 2.45) is 0 Å². The van der Waals surface area contributed by atoms with Crippen molar-refractivity contribution in [3.05, 3.63) is 34.6 Å². The minimum atomic E-state index is -0.554. The van der Waals surface area contributed by atoms with E-state index in [0.717, 1.165) is 0 Å². The van der Waals surface area contributed by atoms with E-state index in [1.807, 2.05) is 6.92 Å². The van der Waals surface area contributed by atoms with E-state index in [1.54, 1.807) is 4.90 Å². The molecule has 1 aliphatic rings. The van der Waals surface area contributed by atoms with Crippen molar-refractivity contribution in [1.29, 1.82) is 0 Å². The van der Waals surface area contributed by atoms with Crippen molar-refractivity contribution < 1.29 is 19.0 Å². The van der Waals surface area contributed by atoms with Crippen LogP contribution in [0.15, 0.2) is 18.2 Å². The van der Waals surface area contributed by atoms with Gasteiger partial charge in [-0.2, -0.15) is 0 Å². The molecule has 1 N–H and O–H groups in total. The Kier molecular flexibility index (Phi) is 4.39. The lowest BCUT2D eigenvalue weighted by molar-refractivity contribution is -0.0667. The van der Waals surface area contributed by atoms with Crippen LogP contribution in [-0.2, 0) is 4.74 Å². The highest BCUT2D eigenvalue weighted by atomic mass is 35.5. The third-order valence-electron chi connectivity index (χ3n) is 3.14. The van der Waals surface area contributed by atoms with Gasteiger partial charge in [0.05, 0.1) is 30.4 Å². The number of hydrogen-bond donors (Lipinski definition) is 1. The number of carbonyl (C=O) groups excluding carboxylic acids is 1. The van der Waals surface area contributed by atoms with Gasteiger partial charge in [-0.15, -0.1) is 0 Å². The maximum Gasteiger partial charge on any atom is 0.254 e. The van der Waals surface area contributed by atoms with Gasteiger partial charge >= 0.3 is 0 Å². The zero-order valence-electron chi connectivity index (χ0n) is 10.5. The Bertz CT molecular complexity index is 483. The lowest BCUT2D eigenvalue weighted by Gasteiger charge is -2.37. The van der Waals surface area contributed by atoms with Crippen molar-refractivity contribution in [3.8, 4) is 0 Å². The summed E-state index contributed by atoms with van der Waals surface area (Å²) < 4.78 is 18.5. The summed E-state index contributed by atoms with van der Waals surface area (Å²) in [6, 6.07) is 3.79. The second-order valence-electron chi connectivity index (χ2n) is 4.57. The Morgan fingerprint density at radius 1 is 1.63 bits per heavy atom. The Morgan fingerprint density at radius 2 is 2.37 bits per heavy atom. The highest BCUT2D eigenvalue weighted by molar-refractivity contribution is 6.31. The fourth-order valence-corrected chi connectivity index (χ4v) is 2.19. The fourth-order valence-electron chi connectivity index (χ4n) is 2.01. The minimum Gasteiger partial charge on any atom is -0.394 e. The number of amides is 1. The van der Waals surface area contributed by atoms with Gasteiger partial charge in [-0.05, 0) is 25.1 Å². The normalized spacial score (nSPS) is 23.5. The molecule has 0 aliphatic carbocycles. The smallest absolute Gasteiger partial charge is 0.254 e. The molecule has 1 aliphatic heterocycles. The van der Waals surface area contributed by atoms with E-state index in [0.29, 0.717) is 18.7 Å². The third-order valence-corrected chi connectivity index (χ3v) is 3.43. The topological polar surface area (TPSA) is 49.8 Å². The SMILES string of the molecule is CC1COC(CO)CN1C(=O)c1ccc(F)c(Cl)c1. The average molecular weight is 288 g/mol. The van der Waals surface area contributed by atoms with Crippen LogP contribution in [0.4, 0.5) is 4.39 Å². The first-order valence-corrected chi connectivity index (χ1v) is 6.39. The Labute approximate surface area is 115 Å². The van der Waals surface area contributed by atoms with Crippen LogP contribution in [0.25, 0.3) is 0 Å². The van der Waals surface area contributed by atoms with Gasteiger partial charge in [0, 0.05) is 12.1 Å². The molecule has 2 atom stereocenters. The summed E-state index contributed by atoms with van der Waals surface area (Å²) in [4.78, 5) is 13.9. The van der Waals surface area contributed by atoms with Crippen molar-refractivity contribution in [2.75, 3.05) is 19.8 Å². The molecule has 4 nitrogen and oxygen atoms in total. The predicted octanol–water partition coefficient (Wildman–Crippen LogP) is 1.70. The second-order valence-corrected chi connectivity index (χ2v) is 4.98. The number of hydrogen-bond acceptors (Lipinski definition) is 3. The lowest BCUT2D eigenvalue weighted by Crippen LogP contribution is -2.52. The number of ether oxygens (including phenoxy) is 1. The highest BCUT2D eigenvalue weighted by Crippen LogP contribution is 2.20. The molecule has 1 aromatic carbocycles. The zero-order chi connectivity index (χ0) is 14.0. The predicted molar refractivity (Wildman–Crippen MR) is 68.7 cm³/mol. The van der Waals surface area contributed by atoms with E-state index in [4.69, 9.17) is 21.4 Å². The van der Waals surface area contributed by atoms with E-state index in [1.165, 1.54) is 18.2 Å². The van der Waals surface area contributed by atoms with Crippen LogP contribution in [0.1, 0.15) is 17.3 Å². The zero-order valence-corrected chi connectivity index (χ0v) is 11.2. The first-order valence-electron chi connectivity index (χ1n) is 6.01. The number of carbonyl (C=O) groups is 1. The maximum absolute atomic E-state index is 13.1. The van der Waals surface area contributed by atoms with Gasteiger partial charge in [-0.3, -0.25) is 4.79 Å². The van der Waals surface area contributed by atoms with Crippen LogP contribution in [0.2, 0.25) is 5.02 Å². The number of benzene rings is 1. The number of halogens is 2. The molecule has 1 heterocycles. The molecule has 104 valence electrons. The maximum atomic E-state index is 13.1. The van der Waals surface area contributed by atoms with Gasteiger partial charge in [0.1, 0.15) is 5.82 Å². The average Bonchev–Trinajstić information content (AvgIpc) is 2.41. The van der Waals surface area contributed by atoms with Crippen LogP contribution in [0.5, 0.6) is 0 Å². The fraction of sp³-hybridized carbons (Fsp3) is 0.462. The summed E-state index contributed by atoms with van der Waals surface area (Å²) in [6.45, 7) is 2.40. The highest BCUT2D eigenvalue weighted by Gasteiger charge is 2.30. The van der Waals surface area contributed by atoms with Crippen molar-refractivity contribution in [2.45, 2.75) is 19.1 Å². The Balaban J connectivity index is 2.19. The number of morpholine rings is 1. The molecule has 0 saturated carbocycles. The van der Waals surface area contributed by atoms with Gasteiger partial charge in [-0.1, -0.05) is 11.6 Å². The van der Waals surface area contributed by atoms with E-state index in [2.05, 4.69) is 0 Å². The Hall–Kier alpha value is -1.17. The molecule has 1 aromatic rings. The monoisotopic (exact) mass is 287 g/mol. The molecule has 0 bridgehead atoms. The molecular formula is C13H15ClFNO3. The molecule has 1 saturated heterocycles. The Morgan fingerprint density at radius 3 is 3.00 bits per heavy atom. The lowest BCUT2D eigenvalue weighted by atomic mass is 10.1. The first kappa shape index (κ1) is 14.2. The molecule has 0 spiro atoms. The molecule has 6 heteroatoms. The first-order chi connectivity index (χ1) is 9.02. The summed E-state index contributed by atoms with van der Waals surface area (Å²) in [7, 11) is 0. The standard InChI is InChI=1S/C13H15ClFNO3/c1-8-7-19-10(6-17)5-16(8)13(18)9-2-3-12(15)11(14)4-9/h2-4,8,10,17H,5-7H2,1H3. The van der Waals surface area contributed by atoms with Crippen LogP contribution >= 0.6 is 11.6 Å². The summed E-state index contributed by atoms with van der Waals surface area (Å²) in [5, 5.41) is 9.02. The van der Waals surface area contributed by atoms with Gasteiger partial charge in [-0.25, -0.2) is 4.39 Å². The minimum absolute atomic E-state index is 0.0783. The largest absolute Gasteiger partial charge is 0.394 e. The van der Waals surface area contributed by atoms with Gasteiger partial charge in [0.25, 0.3) is 5.91 Å². The summed E-state index contributed by atoms with van der Waals surface area (Å²) in [5.74, 6) is -0.794. The van der Waals surface area contributed by atoms with Crippen LogP contribution < -0.4 is 0 Å². The third kappa shape index (κ3) is 3.05. The summed E-state index contributed by atoms with van der Waals surface area (Å²) in [5.41, 5.74) is 0.330. The molecule has 0 aromatic heterocycles. The van der Waals surface area contributed by atoms with E-state index in [-0.39, 0.29) is 29.7 Å². The van der Waals surface area contributed by atoms with E-state index >= 15 is 0 Å². The van der Waals surface area contributed by atoms with E-state index < -0.39 is 5.82 Å². The van der Waals surface area contributed by atoms with Gasteiger partial charge in [0.2, 0.25) is 0 Å². The summed E-state index contributed by atoms with van der Waals surface area (Å²) >= 11 is 5.68.